The molecule has 2 rings (SSSR count). The predicted octanol–water partition coefficient (Wildman–Crippen LogP) is 1.37. The first-order chi connectivity index (χ1) is 9.78. The monoisotopic (exact) mass is 249 g/mol. The van der Waals surface area contributed by atoms with Gasteiger partial charge in [0.05, 0.1) is 11.2 Å². The molecule has 0 radical (unpaired) electrons. The van der Waals surface area contributed by atoms with Gasteiger partial charge >= 0.3 is 5.97 Å². The number of aromatic nitrogens is 2. The normalized spacial score (nSPS) is 14.7. The topological polar surface area (TPSA) is 82.3 Å². The molecule has 6 heteroatoms. The summed E-state index contributed by atoms with van der Waals surface area (Å²) < 4.78 is 29.5. The van der Waals surface area contributed by atoms with E-state index in [0.717, 1.165) is 6.92 Å². The Morgan fingerprint density at radius 1 is 1.44 bits per heavy atom. The quantitative estimate of drug-likeness (QED) is 0.353. The summed E-state index contributed by atoms with van der Waals surface area (Å²) in [5, 5.41) is 7.29. The number of methoxy groups -OCH3 is 1. The van der Waals surface area contributed by atoms with Gasteiger partial charge in [0.2, 0.25) is 0 Å². The van der Waals surface area contributed by atoms with E-state index in [4.69, 9.17) is 4.11 Å². The number of ether oxygens (including phenoxy) is 1. The summed E-state index contributed by atoms with van der Waals surface area (Å²) in [6.07, 6.45) is 1.20. The van der Waals surface area contributed by atoms with Crippen LogP contribution in [0.3, 0.4) is 0 Å². The van der Waals surface area contributed by atoms with Gasteiger partial charge in [-0.1, -0.05) is 12.1 Å². The molecule has 18 heavy (non-hydrogen) atoms. The van der Waals surface area contributed by atoms with Gasteiger partial charge in [0.1, 0.15) is 16.6 Å². The first-order valence-corrected chi connectivity index (χ1v) is 4.95. The van der Waals surface area contributed by atoms with Crippen LogP contribution in [-0.2, 0) is 14.3 Å². The van der Waals surface area contributed by atoms with Crippen LogP contribution >= 0.6 is 0 Å². The highest BCUT2D eigenvalue weighted by molar-refractivity contribution is 6.20. The molecule has 2 aromatic rings. The van der Waals surface area contributed by atoms with Crippen molar-refractivity contribution >= 4 is 28.9 Å². The minimum Gasteiger partial charge on any atom is -0.465 e. The van der Waals surface area contributed by atoms with Crippen LogP contribution < -0.4 is 0 Å². The summed E-state index contributed by atoms with van der Waals surface area (Å²) in [4.78, 5) is 23.3. The first-order valence-electron chi connectivity index (χ1n) is 6.45. The highest BCUT2D eigenvalue weighted by Crippen LogP contribution is 2.18. The molecule has 1 aromatic carbocycles. The lowest BCUT2D eigenvalue weighted by Crippen LogP contribution is -2.11. The number of esters is 1. The fourth-order valence-electron chi connectivity index (χ4n) is 1.46. The molecule has 0 unspecified atom stereocenters. The van der Waals surface area contributed by atoms with Crippen LogP contribution in [0.5, 0.6) is 0 Å². The summed E-state index contributed by atoms with van der Waals surface area (Å²) in [6, 6.07) is 4.85. The van der Waals surface area contributed by atoms with Crippen LogP contribution in [0.25, 0.3) is 17.1 Å². The molecular weight excluding hydrogens is 236 g/mol. The number of Topliss-reactive ketones (excluding diaryl/α,β-unsaturated/α-hetero) is 1. The molecule has 0 fully saturated rings. The van der Waals surface area contributed by atoms with E-state index in [2.05, 4.69) is 19.7 Å². The van der Waals surface area contributed by atoms with Crippen molar-refractivity contribution in [1.82, 2.24) is 10.3 Å². The van der Waals surface area contributed by atoms with Crippen molar-refractivity contribution in [3.63, 3.8) is 0 Å². The lowest BCUT2D eigenvalue weighted by atomic mass is 10.1. The van der Waals surface area contributed by atoms with Gasteiger partial charge in [-0.2, -0.15) is 0 Å². The molecule has 6 nitrogen and oxygen atoms in total. The maximum absolute atomic E-state index is 11.7. The fraction of sp³-hybridized carbons (Fsp3) is 0.167. The number of hydrogen-bond donors (Lipinski definition) is 0. The average Bonchev–Trinajstić information content (AvgIpc) is 2.81. The zero-order chi connectivity index (χ0) is 15.6. The van der Waals surface area contributed by atoms with Crippen LogP contribution in [0.15, 0.2) is 28.4 Å². The number of nitrogens with zero attached hydrogens (tertiary/aromatic N) is 2. The summed E-state index contributed by atoms with van der Waals surface area (Å²) in [7, 11) is -2.92. The Morgan fingerprint density at radius 3 is 3.00 bits per heavy atom. The van der Waals surface area contributed by atoms with Crippen molar-refractivity contribution < 1.29 is 23.1 Å². The van der Waals surface area contributed by atoms with Crippen LogP contribution in [0.1, 0.15) is 16.6 Å². The largest absolute Gasteiger partial charge is 0.465 e. The Hall–Kier alpha value is -2.50. The van der Waals surface area contributed by atoms with Crippen LogP contribution in [0.4, 0.5) is 0 Å². The van der Waals surface area contributed by atoms with Crippen molar-refractivity contribution in [3.8, 4) is 0 Å². The van der Waals surface area contributed by atoms with E-state index >= 15 is 0 Å². The second-order valence-electron chi connectivity index (χ2n) is 3.48. The van der Waals surface area contributed by atoms with E-state index in [1.54, 1.807) is 18.2 Å². The van der Waals surface area contributed by atoms with Crippen molar-refractivity contribution in [3.05, 3.63) is 29.3 Å². The third-order valence-electron chi connectivity index (χ3n) is 2.31. The molecule has 0 aliphatic heterocycles. The number of benzene rings is 1. The number of rotatable bonds is 3. The summed E-state index contributed by atoms with van der Waals surface area (Å²) >= 11 is 0. The van der Waals surface area contributed by atoms with E-state index in [-0.39, 0.29) is 0 Å². The van der Waals surface area contributed by atoms with Gasteiger partial charge in [-0.25, -0.2) is 9.42 Å². The van der Waals surface area contributed by atoms with Gasteiger partial charge < -0.3 is 4.74 Å². The van der Waals surface area contributed by atoms with Crippen molar-refractivity contribution in [2.75, 3.05) is 7.04 Å². The van der Waals surface area contributed by atoms with Gasteiger partial charge in [-0.05, 0) is 29.4 Å². The van der Waals surface area contributed by atoms with E-state index < -0.39 is 24.4 Å². The number of fused-ring (bicyclic) bond motifs is 1. The van der Waals surface area contributed by atoms with E-state index in [1.807, 2.05) is 0 Å². The molecule has 0 atom stereocenters. The fourth-order valence-corrected chi connectivity index (χ4v) is 1.46. The summed E-state index contributed by atoms with van der Waals surface area (Å²) in [5.74, 6) is -1.85. The Balaban J connectivity index is 2.45. The van der Waals surface area contributed by atoms with Crippen LogP contribution in [0.2, 0.25) is 0 Å². The third-order valence-corrected chi connectivity index (χ3v) is 2.31. The average molecular weight is 249 g/mol. The predicted molar refractivity (Wildman–Crippen MR) is 62.5 cm³/mol. The summed E-state index contributed by atoms with van der Waals surface area (Å²) in [6.45, 7) is 1.13. The zero-order valence-corrected chi connectivity index (χ0v) is 9.34. The van der Waals surface area contributed by atoms with Gasteiger partial charge in [0, 0.05) is 5.56 Å². The number of carbonyl (C=O) groups is 2. The molecule has 0 spiro atoms. The Morgan fingerprint density at radius 2 is 2.28 bits per heavy atom. The standard InChI is InChI=1S/C12H10N2O4/c1-7(15)9(12(16)17-2)6-8-4-3-5-10-11(8)14-18-13-10/h3-6H,1-2H3/b9-6-/i2D3. The van der Waals surface area contributed by atoms with Crippen molar-refractivity contribution in [2.45, 2.75) is 6.92 Å². The molecule has 0 amide bonds. The van der Waals surface area contributed by atoms with E-state index in [0.29, 0.717) is 16.6 Å². The maximum atomic E-state index is 11.7. The van der Waals surface area contributed by atoms with Gasteiger partial charge in [-0.15, -0.1) is 0 Å². The molecule has 0 saturated heterocycles. The van der Waals surface area contributed by atoms with Gasteiger partial charge in [-0.3, -0.25) is 4.79 Å². The Bertz CT molecular complexity index is 733. The second kappa shape index (κ2) is 4.79. The number of hydrogen-bond acceptors (Lipinski definition) is 6. The molecule has 1 aromatic heterocycles. The minimum absolute atomic E-state index is 0.345. The highest BCUT2D eigenvalue weighted by Gasteiger charge is 2.16. The zero-order valence-electron chi connectivity index (χ0n) is 12.3. The molecule has 0 saturated carbocycles. The summed E-state index contributed by atoms with van der Waals surface area (Å²) in [5.41, 5.74) is 0.775. The minimum atomic E-state index is -2.92. The van der Waals surface area contributed by atoms with Crippen LogP contribution in [0, 0.1) is 0 Å². The Kier molecular flexibility index (Phi) is 2.28. The molecule has 1 heterocycles. The van der Waals surface area contributed by atoms with E-state index in [1.165, 1.54) is 6.08 Å². The van der Waals surface area contributed by atoms with E-state index in [9.17, 15) is 9.59 Å². The van der Waals surface area contributed by atoms with Gasteiger partial charge in [0.15, 0.2) is 5.78 Å². The van der Waals surface area contributed by atoms with Crippen LogP contribution in [-0.4, -0.2) is 29.1 Å². The van der Waals surface area contributed by atoms with Crippen molar-refractivity contribution in [1.29, 1.82) is 0 Å². The maximum Gasteiger partial charge on any atom is 0.341 e. The third kappa shape index (κ3) is 2.13. The van der Waals surface area contributed by atoms with Crippen molar-refractivity contribution in [2.24, 2.45) is 0 Å². The lowest BCUT2D eigenvalue weighted by molar-refractivity contribution is -0.137. The number of carbonyl (C=O) groups excluding carboxylic acids is 2. The first kappa shape index (κ1) is 8.57. The Labute approximate surface area is 106 Å². The second-order valence-corrected chi connectivity index (χ2v) is 3.48. The molecule has 92 valence electrons. The molecule has 0 aliphatic carbocycles. The molecule has 0 bridgehead atoms. The number of ketones is 1. The molecular formula is C12H10N2O4. The molecule has 0 aliphatic rings. The smallest absolute Gasteiger partial charge is 0.341 e. The van der Waals surface area contributed by atoms with Gasteiger partial charge in [0.25, 0.3) is 0 Å². The highest BCUT2D eigenvalue weighted by atomic mass is 16.6. The SMILES string of the molecule is [2H]C([2H])([2H])OC(=O)/C(=C\c1cccc2nonc12)C(C)=O. The lowest BCUT2D eigenvalue weighted by Gasteiger charge is -2.01. The molecule has 0 N–H and O–H groups in total.